The fourth-order valence-corrected chi connectivity index (χ4v) is 9.09. The molecule has 0 spiro atoms. The summed E-state index contributed by atoms with van der Waals surface area (Å²) in [6.07, 6.45) is 9.25. The summed E-state index contributed by atoms with van der Waals surface area (Å²) in [5.74, 6) is 0. The third-order valence-electron chi connectivity index (χ3n) is 10.8. The fourth-order valence-electron chi connectivity index (χ4n) is 8.22. The van der Waals surface area contributed by atoms with Crippen LogP contribution in [0, 0.1) is 47.6 Å². The molecule has 5 aromatic rings. The molecule has 0 atom stereocenters. The molecule has 0 unspecified atom stereocenters. The number of unbranched alkanes of at least 4 members (excludes halogenated alkanes) is 2. The second-order valence-electron chi connectivity index (χ2n) is 18.0. The van der Waals surface area contributed by atoms with Gasteiger partial charge in [0.1, 0.15) is 0 Å². The maximum atomic E-state index is 4.01. The molecule has 0 heterocycles. The maximum Gasteiger partial charge on any atom is -0.0122 e. The molecule has 0 saturated heterocycles. The van der Waals surface area contributed by atoms with Gasteiger partial charge < -0.3 is 24.8 Å². The van der Waals surface area contributed by atoms with Crippen LogP contribution in [0.15, 0.2) is 72.8 Å². The largest absolute Gasteiger partial charge is 1.00 e. The summed E-state index contributed by atoms with van der Waals surface area (Å²) in [4.78, 5) is 0. The molecular weight excluding hydrogens is 799 g/mol. The van der Waals surface area contributed by atoms with E-state index in [1.165, 1.54) is 128 Å². The van der Waals surface area contributed by atoms with Gasteiger partial charge in [-0.2, -0.15) is 18.2 Å². The number of fused-ring (bicyclic) bond motifs is 3. The first kappa shape index (κ1) is 49.7. The number of hydrogen-bond acceptors (Lipinski definition) is 0. The molecule has 0 aromatic heterocycles. The number of halogens is 2. The van der Waals surface area contributed by atoms with Gasteiger partial charge in [-0.3, -0.25) is 0 Å². The summed E-state index contributed by atoms with van der Waals surface area (Å²) >= 11 is 1.67. The first-order valence-electron chi connectivity index (χ1n) is 20.5. The topological polar surface area (TPSA) is 0 Å². The van der Waals surface area contributed by atoms with Gasteiger partial charge >= 0.3 is 79.8 Å². The van der Waals surface area contributed by atoms with Crippen molar-refractivity contribution in [1.29, 1.82) is 0 Å². The Hall–Kier alpha value is -2.44. The Balaban J connectivity index is 0.000000536. The van der Waals surface area contributed by atoms with E-state index < -0.39 is 0 Å². The maximum absolute atomic E-state index is 4.01. The summed E-state index contributed by atoms with van der Waals surface area (Å²) in [6.45, 7) is 32.1. The molecule has 6 rings (SSSR count). The van der Waals surface area contributed by atoms with Gasteiger partial charge in [-0.1, -0.05) is 117 Å². The molecule has 0 amide bonds. The minimum atomic E-state index is 0. The van der Waals surface area contributed by atoms with Crippen LogP contribution in [-0.2, 0) is 41.5 Å². The monoisotopic (exact) mass is 864 g/mol. The van der Waals surface area contributed by atoms with E-state index in [1.807, 2.05) is 30.3 Å². The molecule has 0 N–H and O–H groups in total. The van der Waals surface area contributed by atoms with E-state index in [2.05, 4.69) is 145 Å². The van der Waals surface area contributed by atoms with Gasteiger partial charge in [0.15, 0.2) is 0 Å². The SMILES string of the molecule is CCCC[C](=[Zr+2])CCCC.Cc1cc(C)c(-c2[c-]c3c(cc2C(C)(C)C)-c2cc(C(C)(C)C)c(-c4c(C)cc(C)cc4C)cc2C3)c(C)c1.[Cl-].[Cl-].c1cc[cH-]c1. The molecule has 0 saturated carbocycles. The van der Waals surface area contributed by atoms with E-state index in [4.69, 9.17) is 0 Å². The molecule has 0 radical (unpaired) electrons. The smallest absolute Gasteiger partial charge is 0.0122 e. The molecule has 300 valence electrons. The minimum Gasteiger partial charge on any atom is -1.00 e. The van der Waals surface area contributed by atoms with Crippen LogP contribution in [0.5, 0.6) is 0 Å². The molecule has 5 aromatic carbocycles. The number of rotatable bonds is 8. The van der Waals surface area contributed by atoms with Crippen LogP contribution in [0.25, 0.3) is 33.4 Å². The van der Waals surface area contributed by atoms with Crippen molar-refractivity contribution in [3.8, 4) is 33.4 Å². The van der Waals surface area contributed by atoms with Crippen LogP contribution in [0.3, 0.4) is 0 Å². The second-order valence-corrected chi connectivity index (χ2v) is 19.7. The average molecular weight is 867 g/mol. The van der Waals surface area contributed by atoms with Gasteiger partial charge in [0, 0.05) is 0 Å². The predicted molar refractivity (Wildman–Crippen MR) is 236 cm³/mol. The summed E-state index contributed by atoms with van der Waals surface area (Å²) in [6, 6.07) is 30.8. The van der Waals surface area contributed by atoms with Crippen LogP contribution in [0.2, 0.25) is 0 Å². The van der Waals surface area contributed by atoms with Crippen molar-refractivity contribution in [3.63, 3.8) is 0 Å². The van der Waals surface area contributed by atoms with Crippen LogP contribution in [0.4, 0.5) is 0 Å². The molecule has 0 nitrogen and oxygen atoms in total. The van der Waals surface area contributed by atoms with Crippen LogP contribution in [0.1, 0.15) is 150 Å². The Morgan fingerprint density at radius 3 is 1.46 bits per heavy atom. The van der Waals surface area contributed by atoms with Gasteiger partial charge in [0.25, 0.3) is 0 Å². The Labute approximate surface area is 370 Å². The van der Waals surface area contributed by atoms with Gasteiger partial charge in [-0.05, 0) is 92.2 Å². The Morgan fingerprint density at radius 1 is 0.607 bits per heavy atom. The van der Waals surface area contributed by atoms with E-state index in [0.29, 0.717) is 0 Å². The Kier molecular flexibility index (Phi) is 19.1. The quantitative estimate of drug-likeness (QED) is 0.134. The predicted octanol–water partition coefficient (Wildman–Crippen LogP) is 9.34. The number of hydrogen-bond donors (Lipinski definition) is 0. The summed E-state index contributed by atoms with van der Waals surface area (Å²) in [7, 11) is 0. The van der Waals surface area contributed by atoms with Crippen molar-refractivity contribution >= 4 is 3.21 Å². The first-order chi connectivity index (χ1) is 25.4. The van der Waals surface area contributed by atoms with E-state index in [-0.39, 0.29) is 35.6 Å². The van der Waals surface area contributed by atoms with Crippen molar-refractivity contribution in [3.05, 3.63) is 134 Å². The molecule has 3 heteroatoms. The Morgan fingerprint density at radius 2 is 1.05 bits per heavy atom. The van der Waals surface area contributed by atoms with Gasteiger partial charge in [0.2, 0.25) is 0 Å². The molecule has 0 bridgehead atoms. The third kappa shape index (κ3) is 12.5. The fraction of sp³-hybridized carbons (Fsp3) is 0.434. The third-order valence-corrected chi connectivity index (χ3v) is 12.0. The van der Waals surface area contributed by atoms with Gasteiger partial charge in [-0.15, -0.1) is 28.8 Å². The number of benzene rings is 4. The molecule has 0 aliphatic heterocycles. The molecule has 1 aliphatic carbocycles. The summed E-state index contributed by atoms with van der Waals surface area (Å²) < 4.78 is 1.79. The van der Waals surface area contributed by atoms with Crippen LogP contribution in [-0.4, -0.2) is 3.21 Å². The zero-order valence-corrected chi connectivity index (χ0v) is 41.1. The van der Waals surface area contributed by atoms with Gasteiger partial charge in [-0.25, -0.2) is 12.1 Å². The van der Waals surface area contributed by atoms with Crippen molar-refractivity contribution in [1.82, 2.24) is 0 Å². The molecule has 0 fully saturated rings. The van der Waals surface area contributed by atoms with E-state index in [9.17, 15) is 0 Å². The molecule has 1 aliphatic rings. The van der Waals surface area contributed by atoms with E-state index >= 15 is 0 Å². The van der Waals surface area contributed by atoms with Crippen molar-refractivity contribution in [2.75, 3.05) is 0 Å². The normalized spacial score (nSPS) is 11.6. The summed E-state index contributed by atoms with van der Waals surface area (Å²) in [5, 5.41) is 0. The number of aryl methyl sites for hydroxylation is 6. The zero-order valence-electron chi connectivity index (χ0n) is 37.1. The summed E-state index contributed by atoms with van der Waals surface area (Å²) in [5.41, 5.74) is 21.9. The van der Waals surface area contributed by atoms with Gasteiger partial charge in [0.05, 0.1) is 0 Å². The minimum absolute atomic E-state index is 0. The van der Waals surface area contributed by atoms with Crippen LogP contribution >= 0.6 is 0 Å². The molecular formula is C53H68Cl2Zr-2. The van der Waals surface area contributed by atoms with E-state index in [0.717, 1.165) is 6.42 Å². The zero-order chi connectivity index (χ0) is 40.0. The van der Waals surface area contributed by atoms with Crippen molar-refractivity contribution in [2.45, 2.75) is 153 Å². The van der Waals surface area contributed by atoms with Crippen molar-refractivity contribution in [2.24, 2.45) is 0 Å². The Bertz CT molecular complexity index is 1850. The van der Waals surface area contributed by atoms with E-state index in [1.54, 1.807) is 27.4 Å². The first-order valence-corrected chi connectivity index (χ1v) is 21.8. The van der Waals surface area contributed by atoms with Crippen LogP contribution < -0.4 is 24.8 Å². The average Bonchev–Trinajstić information content (AvgIpc) is 3.76. The second kappa shape index (κ2) is 21.5. The van der Waals surface area contributed by atoms with Crippen molar-refractivity contribution < 1.29 is 49.0 Å². The molecule has 56 heavy (non-hydrogen) atoms. The standard InChI is InChI=1S/C39H45.C9H18.C5H5.2ClH.Zr/c1-22-13-24(3)36(25(4)14-22)32-18-28-17-29-19-33(37-26(5)15-23(2)16-27(37)6)35(39(10,11)12)21-31(29)30(28)20-34(32)38(7,8)9;1-3-5-7-9-8-6-4-2;1-2-4-5-3-1;;;/h13-16,18,20-21H,17H2,1-12H3;3-8H2,1-2H3;1-5H;2*1H;/q-1;;-1;;;+2/p-2.